The van der Waals surface area contributed by atoms with Gasteiger partial charge >= 0.3 is 0 Å². The number of rotatable bonds is 4. The minimum atomic E-state index is 0.216. The molecule has 0 atom stereocenters. The van der Waals surface area contributed by atoms with Crippen molar-refractivity contribution in [3.8, 4) is 0 Å². The monoisotopic (exact) mass is 183 g/mol. The molecule has 1 radical (unpaired) electrons. The van der Waals surface area contributed by atoms with Crippen LogP contribution in [0.5, 0.6) is 0 Å². The second-order valence-corrected chi connectivity index (χ2v) is 3.44. The van der Waals surface area contributed by atoms with Gasteiger partial charge in [0.05, 0.1) is 13.1 Å². The molecular weight excluding hydrogens is 164 g/mol. The molecular formula is C10H19N2O. The fourth-order valence-electron chi connectivity index (χ4n) is 1.47. The summed E-state index contributed by atoms with van der Waals surface area (Å²) in [4.78, 5) is 13.4. The lowest BCUT2D eigenvalue weighted by atomic mass is 10.1. The van der Waals surface area contributed by atoms with Crippen molar-refractivity contribution in [1.29, 1.82) is 0 Å². The van der Waals surface area contributed by atoms with Crippen LogP contribution in [0.25, 0.3) is 0 Å². The Hall–Kier alpha value is -0.570. The van der Waals surface area contributed by atoms with Gasteiger partial charge in [-0.05, 0) is 32.2 Å². The summed E-state index contributed by atoms with van der Waals surface area (Å²) in [6.45, 7) is 6.46. The quantitative estimate of drug-likeness (QED) is 0.663. The van der Waals surface area contributed by atoms with Gasteiger partial charge in [-0.15, -0.1) is 0 Å². The van der Waals surface area contributed by atoms with E-state index in [0.29, 0.717) is 6.54 Å². The van der Waals surface area contributed by atoms with Crippen LogP contribution in [-0.2, 0) is 4.79 Å². The molecule has 75 valence electrons. The number of carbonyl (C=O) groups excluding carboxylic acids is 1. The minimum Gasteiger partial charge on any atom is -0.337 e. The highest BCUT2D eigenvalue weighted by atomic mass is 16.2. The van der Waals surface area contributed by atoms with Gasteiger partial charge in [0.15, 0.2) is 0 Å². The Labute approximate surface area is 80.5 Å². The molecule has 0 aliphatic carbocycles. The highest BCUT2D eigenvalue weighted by Crippen LogP contribution is 2.11. The SMILES string of the molecule is CCCNCC(=O)N1[CH]CCCC1. The van der Waals surface area contributed by atoms with E-state index in [9.17, 15) is 4.79 Å². The number of amides is 1. The zero-order chi connectivity index (χ0) is 9.52. The molecule has 1 N–H and O–H groups in total. The van der Waals surface area contributed by atoms with Crippen LogP contribution in [0.3, 0.4) is 0 Å². The van der Waals surface area contributed by atoms with E-state index in [2.05, 4.69) is 12.2 Å². The number of hydrogen-bond donors (Lipinski definition) is 1. The molecule has 0 aromatic carbocycles. The summed E-state index contributed by atoms with van der Waals surface area (Å²) >= 11 is 0. The van der Waals surface area contributed by atoms with Crippen LogP contribution in [0.1, 0.15) is 32.6 Å². The van der Waals surface area contributed by atoms with Gasteiger partial charge in [-0.25, -0.2) is 0 Å². The number of carbonyl (C=O) groups is 1. The zero-order valence-corrected chi connectivity index (χ0v) is 8.38. The molecule has 0 aromatic heterocycles. The zero-order valence-electron chi connectivity index (χ0n) is 8.38. The smallest absolute Gasteiger partial charge is 0.236 e. The van der Waals surface area contributed by atoms with Gasteiger partial charge in [-0.2, -0.15) is 0 Å². The normalized spacial score (nSPS) is 17.5. The molecule has 0 aromatic rings. The maximum atomic E-state index is 11.5. The van der Waals surface area contributed by atoms with Crippen LogP contribution in [0.15, 0.2) is 0 Å². The Balaban J connectivity index is 2.13. The molecule has 1 heterocycles. The van der Waals surface area contributed by atoms with Crippen molar-refractivity contribution < 1.29 is 4.79 Å². The first-order chi connectivity index (χ1) is 6.34. The number of likely N-dealkylation sites (tertiary alicyclic amines) is 1. The minimum absolute atomic E-state index is 0.216. The topological polar surface area (TPSA) is 32.3 Å². The Morgan fingerprint density at radius 2 is 2.38 bits per heavy atom. The maximum absolute atomic E-state index is 11.5. The first-order valence-corrected chi connectivity index (χ1v) is 5.18. The molecule has 1 aliphatic heterocycles. The lowest BCUT2D eigenvalue weighted by Gasteiger charge is -2.26. The van der Waals surface area contributed by atoms with Crippen LogP contribution < -0.4 is 5.32 Å². The Kier molecular flexibility index (Phi) is 4.83. The van der Waals surface area contributed by atoms with E-state index in [1.807, 2.05) is 11.4 Å². The first-order valence-electron chi connectivity index (χ1n) is 5.18. The van der Waals surface area contributed by atoms with E-state index in [0.717, 1.165) is 32.4 Å². The lowest BCUT2D eigenvalue weighted by Crippen LogP contribution is -2.38. The summed E-state index contributed by atoms with van der Waals surface area (Å²) in [6.07, 6.45) is 4.51. The summed E-state index contributed by atoms with van der Waals surface area (Å²) in [5.41, 5.74) is 0. The van der Waals surface area contributed by atoms with Gasteiger partial charge < -0.3 is 10.2 Å². The predicted octanol–water partition coefficient (Wildman–Crippen LogP) is 1.16. The third-order valence-corrected chi connectivity index (χ3v) is 2.23. The molecule has 0 spiro atoms. The number of piperidine rings is 1. The Morgan fingerprint density at radius 1 is 1.54 bits per heavy atom. The summed E-state index contributed by atoms with van der Waals surface area (Å²) < 4.78 is 0. The molecule has 13 heavy (non-hydrogen) atoms. The Morgan fingerprint density at radius 3 is 3.00 bits per heavy atom. The molecule has 1 rings (SSSR count). The molecule has 1 fully saturated rings. The van der Waals surface area contributed by atoms with Gasteiger partial charge in [0.2, 0.25) is 5.91 Å². The van der Waals surface area contributed by atoms with E-state index in [4.69, 9.17) is 0 Å². The summed E-state index contributed by atoms with van der Waals surface area (Å²) in [5, 5.41) is 3.12. The first kappa shape index (κ1) is 10.5. The predicted molar refractivity (Wildman–Crippen MR) is 53.0 cm³/mol. The van der Waals surface area contributed by atoms with E-state index in [1.54, 1.807) is 0 Å². The lowest BCUT2D eigenvalue weighted by molar-refractivity contribution is -0.129. The van der Waals surface area contributed by atoms with Gasteiger partial charge in [0.25, 0.3) is 0 Å². The highest BCUT2D eigenvalue weighted by Gasteiger charge is 2.15. The van der Waals surface area contributed by atoms with Gasteiger partial charge in [0.1, 0.15) is 0 Å². The van der Waals surface area contributed by atoms with Crippen LogP contribution in [0, 0.1) is 6.54 Å². The van der Waals surface area contributed by atoms with Crippen LogP contribution in [0.4, 0.5) is 0 Å². The summed E-state index contributed by atoms with van der Waals surface area (Å²) in [5.74, 6) is 0.216. The van der Waals surface area contributed by atoms with Crippen LogP contribution >= 0.6 is 0 Å². The molecule has 1 amide bonds. The number of nitrogens with zero attached hydrogens (tertiary/aromatic N) is 1. The van der Waals surface area contributed by atoms with E-state index in [1.165, 1.54) is 6.42 Å². The van der Waals surface area contributed by atoms with Crippen molar-refractivity contribution in [2.24, 2.45) is 0 Å². The molecule has 1 saturated heterocycles. The van der Waals surface area contributed by atoms with Crippen molar-refractivity contribution in [3.05, 3.63) is 6.54 Å². The van der Waals surface area contributed by atoms with Crippen molar-refractivity contribution in [2.75, 3.05) is 19.6 Å². The van der Waals surface area contributed by atoms with Gasteiger partial charge in [0, 0.05) is 6.54 Å². The second-order valence-electron chi connectivity index (χ2n) is 3.44. The third kappa shape index (κ3) is 3.77. The van der Waals surface area contributed by atoms with Crippen molar-refractivity contribution >= 4 is 5.91 Å². The molecule has 3 heteroatoms. The highest BCUT2D eigenvalue weighted by molar-refractivity contribution is 5.78. The van der Waals surface area contributed by atoms with E-state index < -0.39 is 0 Å². The maximum Gasteiger partial charge on any atom is 0.236 e. The second kappa shape index (κ2) is 5.97. The molecule has 1 aliphatic rings. The fourth-order valence-corrected chi connectivity index (χ4v) is 1.47. The van der Waals surface area contributed by atoms with Gasteiger partial charge in [-0.1, -0.05) is 6.92 Å². The van der Waals surface area contributed by atoms with Gasteiger partial charge in [-0.3, -0.25) is 4.79 Å². The number of hydrogen-bond acceptors (Lipinski definition) is 2. The Bertz CT molecular complexity index is 153. The molecule has 0 saturated carbocycles. The standard InChI is InChI=1S/C10H19N2O/c1-2-6-11-9-10(13)12-7-4-3-5-8-12/h7,11H,2-6,8-9H2,1H3. The molecule has 0 bridgehead atoms. The number of nitrogens with one attached hydrogen (secondary N) is 1. The molecule has 3 nitrogen and oxygen atoms in total. The van der Waals surface area contributed by atoms with Crippen LogP contribution in [-0.4, -0.2) is 30.4 Å². The summed E-state index contributed by atoms with van der Waals surface area (Å²) in [7, 11) is 0. The average Bonchev–Trinajstić information content (AvgIpc) is 2.19. The molecule has 0 unspecified atom stereocenters. The largest absolute Gasteiger partial charge is 0.337 e. The van der Waals surface area contributed by atoms with Crippen molar-refractivity contribution in [2.45, 2.75) is 32.6 Å². The van der Waals surface area contributed by atoms with E-state index >= 15 is 0 Å². The van der Waals surface area contributed by atoms with Crippen LogP contribution in [0.2, 0.25) is 0 Å². The van der Waals surface area contributed by atoms with E-state index in [-0.39, 0.29) is 5.91 Å². The van der Waals surface area contributed by atoms with Crippen molar-refractivity contribution in [3.63, 3.8) is 0 Å². The summed E-state index contributed by atoms with van der Waals surface area (Å²) in [6, 6.07) is 0. The fraction of sp³-hybridized carbons (Fsp3) is 0.800. The third-order valence-electron chi connectivity index (χ3n) is 2.23. The van der Waals surface area contributed by atoms with Crippen molar-refractivity contribution in [1.82, 2.24) is 10.2 Å². The average molecular weight is 183 g/mol.